The molecule has 0 radical (unpaired) electrons. The lowest BCUT2D eigenvalue weighted by Gasteiger charge is -2.09. The Kier molecular flexibility index (Phi) is 6.70. The van der Waals surface area contributed by atoms with Gasteiger partial charge in [-0.2, -0.15) is 0 Å². The number of imidazole rings is 1. The van der Waals surface area contributed by atoms with E-state index in [-0.39, 0.29) is 0 Å². The van der Waals surface area contributed by atoms with Crippen molar-refractivity contribution >= 4 is 5.95 Å². The first-order valence-electron chi connectivity index (χ1n) is 6.54. The number of nitrogens with zero attached hydrogens (tertiary/aromatic N) is 2. The minimum absolute atomic E-state index is 0.798. The molecule has 0 aromatic carbocycles. The lowest BCUT2D eigenvalue weighted by atomic mass is 10.2. The number of rotatable bonds is 9. The van der Waals surface area contributed by atoms with E-state index in [0.717, 1.165) is 37.8 Å². The molecular formula is C13H25N3O. The average Bonchev–Trinajstić information content (AvgIpc) is 2.66. The SMILES string of the molecule is CCCCCNc1nc(C)cn1CCCOC. The van der Waals surface area contributed by atoms with Gasteiger partial charge in [-0.3, -0.25) is 0 Å². The topological polar surface area (TPSA) is 39.1 Å². The van der Waals surface area contributed by atoms with Crippen LogP contribution >= 0.6 is 0 Å². The largest absolute Gasteiger partial charge is 0.385 e. The number of methoxy groups -OCH3 is 1. The molecule has 0 bridgehead atoms. The zero-order valence-corrected chi connectivity index (χ0v) is 11.3. The van der Waals surface area contributed by atoms with Crippen LogP contribution < -0.4 is 5.32 Å². The third-order valence-electron chi connectivity index (χ3n) is 2.71. The van der Waals surface area contributed by atoms with Crippen LogP contribution in [0.15, 0.2) is 6.20 Å². The van der Waals surface area contributed by atoms with Gasteiger partial charge in [0.1, 0.15) is 0 Å². The maximum atomic E-state index is 5.07. The van der Waals surface area contributed by atoms with Gasteiger partial charge in [-0.1, -0.05) is 19.8 Å². The molecule has 0 fully saturated rings. The van der Waals surface area contributed by atoms with Crippen LogP contribution in [0, 0.1) is 6.92 Å². The standard InChI is InChI=1S/C13H25N3O/c1-4-5-6-8-14-13-15-12(2)11-16(13)9-7-10-17-3/h11H,4-10H2,1-3H3,(H,14,15). The van der Waals surface area contributed by atoms with E-state index >= 15 is 0 Å². The van der Waals surface area contributed by atoms with Gasteiger partial charge in [0.15, 0.2) is 0 Å². The van der Waals surface area contributed by atoms with Gasteiger partial charge < -0.3 is 14.6 Å². The molecular weight excluding hydrogens is 214 g/mol. The molecule has 0 atom stereocenters. The summed E-state index contributed by atoms with van der Waals surface area (Å²) in [5.41, 5.74) is 1.07. The Balaban J connectivity index is 2.40. The van der Waals surface area contributed by atoms with Crippen LogP contribution in [-0.2, 0) is 11.3 Å². The quantitative estimate of drug-likeness (QED) is 0.673. The monoisotopic (exact) mass is 239 g/mol. The van der Waals surface area contributed by atoms with Crippen LogP contribution in [0.1, 0.15) is 38.3 Å². The Morgan fingerprint density at radius 1 is 1.35 bits per heavy atom. The maximum Gasteiger partial charge on any atom is 0.203 e. The molecule has 1 aromatic rings. The molecule has 1 rings (SSSR count). The van der Waals surface area contributed by atoms with Crippen molar-refractivity contribution < 1.29 is 4.74 Å². The van der Waals surface area contributed by atoms with Crippen LogP contribution in [0.25, 0.3) is 0 Å². The van der Waals surface area contributed by atoms with Gasteiger partial charge in [0.25, 0.3) is 0 Å². The lowest BCUT2D eigenvalue weighted by molar-refractivity contribution is 0.190. The van der Waals surface area contributed by atoms with Crippen molar-refractivity contribution in [2.24, 2.45) is 0 Å². The summed E-state index contributed by atoms with van der Waals surface area (Å²) in [6, 6.07) is 0. The summed E-state index contributed by atoms with van der Waals surface area (Å²) in [5, 5.41) is 3.41. The molecule has 0 aliphatic carbocycles. The van der Waals surface area contributed by atoms with Crippen molar-refractivity contribution in [3.8, 4) is 0 Å². The molecule has 4 nitrogen and oxygen atoms in total. The second-order valence-corrected chi connectivity index (χ2v) is 4.38. The van der Waals surface area contributed by atoms with Crippen molar-refractivity contribution in [1.82, 2.24) is 9.55 Å². The van der Waals surface area contributed by atoms with Gasteiger partial charge in [-0.15, -0.1) is 0 Å². The zero-order valence-electron chi connectivity index (χ0n) is 11.3. The first kappa shape index (κ1) is 14.0. The first-order chi connectivity index (χ1) is 8.27. The minimum atomic E-state index is 0.798. The van der Waals surface area contributed by atoms with Gasteiger partial charge in [0.05, 0.1) is 5.69 Å². The van der Waals surface area contributed by atoms with E-state index in [1.165, 1.54) is 19.3 Å². The van der Waals surface area contributed by atoms with Crippen molar-refractivity contribution in [1.29, 1.82) is 0 Å². The Bertz CT molecular complexity index is 310. The van der Waals surface area contributed by atoms with E-state index in [1.807, 2.05) is 6.92 Å². The number of hydrogen-bond donors (Lipinski definition) is 1. The zero-order chi connectivity index (χ0) is 12.5. The summed E-state index contributed by atoms with van der Waals surface area (Å²) in [6.07, 6.45) is 6.85. The van der Waals surface area contributed by atoms with Crippen LogP contribution in [0.5, 0.6) is 0 Å². The number of hydrogen-bond acceptors (Lipinski definition) is 3. The van der Waals surface area contributed by atoms with Crippen molar-refractivity contribution in [3.63, 3.8) is 0 Å². The second kappa shape index (κ2) is 8.12. The Morgan fingerprint density at radius 3 is 2.88 bits per heavy atom. The summed E-state index contributed by atoms with van der Waals surface area (Å²) in [6.45, 7) is 7.02. The van der Waals surface area contributed by atoms with E-state index in [0.29, 0.717) is 0 Å². The van der Waals surface area contributed by atoms with Gasteiger partial charge in [0.2, 0.25) is 5.95 Å². The third kappa shape index (κ3) is 5.22. The third-order valence-corrected chi connectivity index (χ3v) is 2.71. The lowest BCUT2D eigenvalue weighted by Crippen LogP contribution is -2.09. The molecule has 17 heavy (non-hydrogen) atoms. The molecule has 0 aliphatic rings. The fourth-order valence-electron chi connectivity index (χ4n) is 1.81. The smallest absolute Gasteiger partial charge is 0.203 e. The van der Waals surface area contributed by atoms with E-state index in [4.69, 9.17) is 4.74 Å². The molecule has 0 aliphatic heterocycles. The summed E-state index contributed by atoms with van der Waals surface area (Å²) < 4.78 is 7.25. The molecule has 0 unspecified atom stereocenters. The number of nitrogens with one attached hydrogen (secondary N) is 1. The second-order valence-electron chi connectivity index (χ2n) is 4.38. The van der Waals surface area contributed by atoms with Gasteiger partial charge in [-0.05, 0) is 19.8 Å². The van der Waals surface area contributed by atoms with Crippen molar-refractivity contribution in [2.45, 2.75) is 46.1 Å². The van der Waals surface area contributed by atoms with E-state index in [1.54, 1.807) is 7.11 Å². The molecule has 0 amide bonds. The summed E-state index contributed by atoms with van der Waals surface area (Å²) in [4.78, 5) is 4.50. The first-order valence-corrected chi connectivity index (χ1v) is 6.54. The normalized spacial score (nSPS) is 10.8. The Morgan fingerprint density at radius 2 is 2.18 bits per heavy atom. The highest BCUT2D eigenvalue weighted by molar-refractivity contribution is 5.28. The molecule has 4 heteroatoms. The predicted molar refractivity (Wildman–Crippen MR) is 71.5 cm³/mol. The predicted octanol–water partition coefficient (Wildman–Crippen LogP) is 2.83. The minimum Gasteiger partial charge on any atom is -0.385 e. The number of aromatic nitrogens is 2. The average molecular weight is 239 g/mol. The van der Waals surface area contributed by atoms with Crippen LogP contribution in [0.3, 0.4) is 0 Å². The van der Waals surface area contributed by atoms with Crippen molar-refractivity contribution in [2.75, 3.05) is 25.6 Å². The maximum absolute atomic E-state index is 5.07. The Hall–Kier alpha value is -1.03. The number of aryl methyl sites for hydroxylation is 2. The molecule has 0 spiro atoms. The molecule has 1 aromatic heterocycles. The molecule has 0 saturated heterocycles. The highest BCUT2D eigenvalue weighted by Crippen LogP contribution is 2.09. The van der Waals surface area contributed by atoms with E-state index in [9.17, 15) is 0 Å². The molecule has 1 heterocycles. The highest BCUT2D eigenvalue weighted by atomic mass is 16.5. The number of unbranched alkanes of at least 4 members (excludes halogenated alkanes) is 2. The molecule has 1 N–H and O–H groups in total. The van der Waals surface area contributed by atoms with E-state index in [2.05, 4.69) is 28.0 Å². The summed E-state index contributed by atoms with van der Waals surface area (Å²) in [5.74, 6) is 0.995. The summed E-state index contributed by atoms with van der Waals surface area (Å²) in [7, 11) is 1.74. The Labute approximate surface area is 104 Å². The van der Waals surface area contributed by atoms with Crippen LogP contribution in [-0.4, -0.2) is 29.8 Å². The van der Waals surface area contributed by atoms with Gasteiger partial charge in [0, 0.05) is 33.0 Å². The van der Waals surface area contributed by atoms with Crippen LogP contribution in [0.4, 0.5) is 5.95 Å². The summed E-state index contributed by atoms with van der Waals surface area (Å²) >= 11 is 0. The fourth-order valence-corrected chi connectivity index (χ4v) is 1.81. The molecule has 0 saturated carbocycles. The highest BCUT2D eigenvalue weighted by Gasteiger charge is 2.04. The van der Waals surface area contributed by atoms with Crippen LogP contribution in [0.2, 0.25) is 0 Å². The van der Waals surface area contributed by atoms with Gasteiger partial charge >= 0.3 is 0 Å². The number of ether oxygens (including phenoxy) is 1. The fraction of sp³-hybridized carbons (Fsp3) is 0.769. The van der Waals surface area contributed by atoms with E-state index < -0.39 is 0 Å². The van der Waals surface area contributed by atoms with Crippen molar-refractivity contribution in [3.05, 3.63) is 11.9 Å². The molecule has 98 valence electrons. The number of anilines is 1. The van der Waals surface area contributed by atoms with Gasteiger partial charge in [-0.25, -0.2) is 4.98 Å².